The molecule has 0 saturated heterocycles. The van der Waals surface area contributed by atoms with E-state index in [1.54, 1.807) is 43.5 Å². The number of methoxy groups -OCH3 is 1. The van der Waals surface area contributed by atoms with Gasteiger partial charge in [-0.05, 0) is 43.5 Å². The molecule has 9 heteroatoms. The van der Waals surface area contributed by atoms with Gasteiger partial charge in [0.15, 0.2) is 0 Å². The minimum Gasteiger partial charge on any atom is -0.385 e. The Morgan fingerprint density at radius 3 is 2.41 bits per heavy atom. The van der Waals surface area contributed by atoms with Gasteiger partial charge in [0.05, 0.1) is 23.2 Å². The van der Waals surface area contributed by atoms with Gasteiger partial charge in [0.1, 0.15) is 0 Å². The van der Waals surface area contributed by atoms with E-state index in [1.807, 2.05) is 19.1 Å². The zero-order valence-electron chi connectivity index (χ0n) is 18.8. The highest BCUT2D eigenvalue weighted by Crippen LogP contribution is 2.22. The van der Waals surface area contributed by atoms with Gasteiger partial charge in [-0.15, -0.1) is 0 Å². The van der Waals surface area contributed by atoms with Crippen molar-refractivity contribution in [3.63, 3.8) is 0 Å². The van der Waals surface area contributed by atoms with E-state index in [0.717, 1.165) is 11.8 Å². The molecule has 0 aromatic heterocycles. The van der Waals surface area contributed by atoms with Crippen LogP contribution in [-0.2, 0) is 19.6 Å². The standard InChI is InChI=1S/C23H31N3O5S/c1-18-10-4-7-13-21(18)26(32(3,29)30)16-8-14-22(27)25-20-12-6-5-11-19(20)23(28)24-15-9-17-31-2/h4-7,10-13H,8-9,14-17H2,1-3H3,(H,24,28)(H,25,27). The first-order valence-electron chi connectivity index (χ1n) is 10.4. The molecule has 0 unspecified atom stereocenters. The molecule has 0 aliphatic carbocycles. The molecule has 0 bridgehead atoms. The van der Waals surface area contributed by atoms with Crippen LogP contribution in [0, 0.1) is 6.92 Å². The maximum atomic E-state index is 12.5. The Bertz CT molecular complexity index is 1020. The van der Waals surface area contributed by atoms with Crippen molar-refractivity contribution in [3.8, 4) is 0 Å². The van der Waals surface area contributed by atoms with Crippen molar-refractivity contribution in [3.05, 3.63) is 59.7 Å². The molecule has 174 valence electrons. The van der Waals surface area contributed by atoms with Crippen molar-refractivity contribution in [2.24, 2.45) is 0 Å². The van der Waals surface area contributed by atoms with E-state index in [-0.39, 0.29) is 24.8 Å². The van der Waals surface area contributed by atoms with Gasteiger partial charge in [-0.2, -0.15) is 0 Å². The average Bonchev–Trinajstić information content (AvgIpc) is 2.74. The fourth-order valence-electron chi connectivity index (χ4n) is 3.21. The number of hydrogen-bond acceptors (Lipinski definition) is 5. The summed E-state index contributed by atoms with van der Waals surface area (Å²) in [7, 11) is -1.89. The first-order valence-corrected chi connectivity index (χ1v) is 12.3. The molecule has 0 atom stereocenters. The third-order valence-electron chi connectivity index (χ3n) is 4.81. The molecular weight excluding hydrogens is 430 g/mol. The van der Waals surface area contributed by atoms with Crippen LogP contribution in [0.5, 0.6) is 0 Å². The van der Waals surface area contributed by atoms with Crippen molar-refractivity contribution in [2.45, 2.75) is 26.2 Å². The molecule has 2 amide bonds. The molecule has 0 aliphatic rings. The number of nitrogens with zero attached hydrogens (tertiary/aromatic N) is 1. The van der Waals surface area contributed by atoms with E-state index < -0.39 is 10.0 Å². The van der Waals surface area contributed by atoms with Gasteiger partial charge in [0.2, 0.25) is 15.9 Å². The molecule has 2 rings (SSSR count). The maximum Gasteiger partial charge on any atom is 0.253 e. The number of carbonyl (C=O) groups is 2. The highest BCUT2D eigenvalue weighted by Gasteiger charge is 2.19. The summed E-state index contributed by atoms with van der Waals surface area (Å²) in [4.78, 5) is 24.9. The number of hydrogen-bond donors (Lipinski definition) is 2. The number of amides is 2. The molecule has 0 aliphatic heterocycles. The van der Waals surface area contributed by atoms with Crippen LogP contribution >= 0.6 is 0 Å². The van der Waals surface area contributed by atoms with Crippen LogP contribution in [0.4, 0.5) is 11.4 Å². The number of rotatable bonds is 12. The Kier molecular flexibility index (Phi) is 9.67. The summed E-state index contributed by atoms with van der Waals surface area (Å²) in [5, 5.41) is 5.57. The van der Waals surface area contributed by atoms with E-state index in [1.165, 1.54) is 4.31 Å². The lowest BCUT2D eigenvalue weighted by Gasteiger charge is -2.24. The number of ether oxygens (including phenoxy) is 1. The molecule has 32 heavy (non-hydrogen) atoms. The summed E-state index contributed by atoms with van der Waals surface area (Å²) in [6.07, 6.45) is 2.29. The van der Waals surface area contributed by atoms with Crippen LogP contribution < -0.4 is 14.9 Å². The topological polar surface area (TPSA) is 105 Å². The number of carbonyl (C=O) groups excluding carboxylic acids is 2. The lowest BCUT2D eigenvalue weighted by Crippen LogP contribution is -2.32. The molecule has 8 nitrogen and oxygen atoms in total. The lowest BCUT2D eigenvalue weighted by molar-refractivity contribution is -0.116. The monoisotopic (exact) mass is 461 g/mol. The summed E-state index contributed by atoms with van der Waals surface area (Å²) >= 11 is 0. The van der Waals surface area contributed by atoms with E-state index in [9.17, 15) is 18.0 Å². The summed E-state index contributed by atoms with van der Waals surface area (Å²) in [6, 6.07) is 14.0. The Hall–Kier alpha value is -2.91. The zero-order chi connectivity index (χ0) is 23.6. The van der Waals surface area contributed by atoms with Gasteiger partial charge in [-0.25, -0.2) is 8.42 Å². The van der Waals surface area contributed by atoms with E-state index >= 15 is 0 Å². The molecule has 0 fully saturated rings. The number of nitrogens with one attached hydrogen (secondary N) is 2. The second-order valence-electron chi connectivity index (χ2n) is 7.42. The quantitative estimate of drug-likeness (QED) is 0.473. The van der Waals surface area contributed by atoms with Gasteiger partial charge in [-0.1, -0.05) is 30.3 Å². The summed E-state index contributed by atoms with van der Waals surface area (Å²) in [6.45, 7) is 3.04. The maximum absolute atomic E-state index is 12.5. The Morgan fingerprint density at radius 2 is 1.72 bits per heavy atom. The Morgan fingerprint density at radius 1 is 1.03 bits per heavy atom. The normalized spacial score (nSPS) is 11.1. The predicted molar refractivity (Wildman–Crippen MR) is 127 cm³/mol. The first kappa shape index (κ1) is 25.4. The van der Waals surface area contributed by atoms with Crippen molar-refractivity contribution in [1.29, 1.82) is 0 Å². The summed E-state index contributed by atoms with van der Waals surface area (Å²) in [5.74, 6) is -0.567. The second-order valence-corrected chi connectivity index (χ2v) is 9.33. The van der Waals surface area contributed by atoms with Crippen LogP contribution in [0.1, 0.15) is 35.2 Å². The summed E-state index contributed by atoms with van der Waals surface area (Å²) < 4.78 is 30.8. The number of para-hydroxylation sites is 2. The van der Waals surface area contributed by atoms with Gasteiger partial charge in [0.25, 0.3) is 5.91 Å². The molecule has 0 spiro atoms. The van der Waals surface area contributed by atoms with Gasteiger partial charge in [0, 0.05) is 33.2 Å². The van der Waals surface area contributed by atoms with E-state index in [0.29, 0.717) is 42.9 Å². The van der Waals surface area contributed by atoms with Gasteiger partial charge in [-0.3, -0.25) is 13.9 Å². The number of aryl methyl sites for hydroxylation is 1. The van der Waals surface area contributed by atoms with Crippen molar-refractivity contribution in [2.75, 3.05) is 42.7 Å². The fourth-order valence-corrected chi connectivity index (χ4v) is 4.23. The Balaban J connectivity index is 1.97. The van der Waals surface area contributed by atoms with Crippen LogP contribution in [0.3, 0.4) is 0 Å². The van der Waals surface area contributed by atoms with Crippen LogP contribution in [0.25, 0.3) is 0 Å². The number of benzene rings is 2. The van der Waals surface area contributed by atoms with Crippen molar-refractivity contribution < 1.29 is 22.7 Å². The molecule has 2 aromatic rings. The molecular formula is C23H31N3O5S. The number of sulfonamides is 1. The highest BCUT2D eigenvalue weighted by atomic mass is 32.2. The van der Waals surface area contributed by atoms with Crippen LogP contribution in [0.15, 0.2) is 48.5 Å². The molecule has 2 aromatic carbocycles. The Labute approximate surface area is 190 Å². The largest absolute Gasteiger partial charge is 0.385 e. The zero-order valence-corrected chi connectivity index (χ0v) is 19.6. The van der Waals surface area contributed by atoms with Gasteiger partial charge < -0.3 is 15.4 Å². The number of anilines is 2. The minimum absolute atomic E-state index is 0.113. The average molecular weight is 462 g/mol. The van der Waals surface area contributed by atoms with Gasteiger partial charge >= 0.3 is 0 Å². The molecule has 0 heterocycles. The van der Waals surface area contributed by atoms with Crippen molar-refractivity contribution in [1.82, 2.24) is 5.32 Å². The second kappa shape index (κ2) is 12.2. The lowest BCUT2D eigenvalue weighted by atomic mass is 10.1. The van der Waals surface area contributed by atoms with E-state index in [4.69, 9.17) is 4.74 Å². The van der Waals surface area contributed by atoms with Crippen molar-refractivity contribution >= 4 is 33.2 Å². The van der Waals surface area contributed by atoms with E-state index in [2.05, 4.69) is 10.6 Å². The smallest absolute Gasteiger partial charge is 0.253 e. The van der Waals surface area contributed by atoms with Crippen LogP contribution in [0.2, 0.25) is 0 Å². The third kappa shape index (κ3) is 7.65. The molecule has 0 radical (unpaired) electrons. The fraction of sp³-hybridized carbons (Fsp3) is 0.391. The molecule has 2 N–H and O–H groups in total. The third-order valence-corrected chi connectivity index (χ3v) is 5.99. The minimum atomic E-state index is -3.49. The summed E-state index contributed by atoms with van der Waals surface area (Å²) in [5.41, 5.74) is 2.23. The van der Waals surface area contributed by atoms with Crippen LogP contribution in [-0.4, -0.2) is 53.3 Å². The molecule has 0 saturated carbocycles. The SMILES string of the molecule is COCCCNC(=O)c1ccccc1NC(=O)CCCN(c1ccccc1C)S(C)(=O)=O. The highest BCUT2D eigenvalue weighted by molar-refractivity contribution is 7.92. The first-order chi connectivity index (χ1) is 15.2. The predicted octanol–water partition coefficient (Wildman–Crippen LogP) is 2.95.